The summed E-state index contributed by atoms with van der Waals surface area (Å²) < 4.78 is 5.13. The minimum absolute atomic E-state index is 0.0375. The largest absolute Gasteiger partial charge is 0.497 e. The van der Waals surface area contributed by atoms with Crippen LogP contribution in [-0.4, -0.2) is 43.3 Å². The topological polar surface area (TPSA) is 58.6 Å². The number of hydrogen-bond acceptors (Lipinski definition) is 4. The molecule has 0 saturated carbocycles. The Morgan fingerprint density at radius 3 is 2.67 bits per heavy atom. The number of rotatable bonds is 5. The van der Waals surface area contributed by atoms with Crippen LogP contribution in [0.1, 0.15) is 19.8 Å². The second-order valence-electron chi connectivity index (χ2n) is 5.44. The number of hydrogen-bond donors (Lipinski definition) is 1. The van der Waals surface area contributed by atoms with E-state index in [0.717, 1.165) is 37.4 Å². The molecule has 5 nitrogen and oxygen atoms in total. The Bertz CT molecular complexity index is 508. The Balaban J connectivity index is 1.81. The number of benzene rings is 1. The van der Waals surface area contributed by atoms with Gasteiger partial charge in [0.2, 0.25) is 5.91 Å². The molecule has 1 aromatic carbocycles. The molecular formula is C16H22N2O3. The van der Waals surface area contributed by atoms with Crippen LogP contribution in [0.15, 0.2) is 24.3 Å². The van der Waals surface area contributed by atoms with Crippen molar-refractivity contribution in [3.05, 3.63) is 24.3 Å². The number of carbonyl (C=O) groups excluding carboxylic acids is 2. The molecule has 1 fully saturated rings. The van der Waals surface area contributed by atoms with E-state index in [-0.39, 0.29) is 17.6 Å². The van der Waals surface area contributed by atoms with Crippen molar-refractivity contribution in [2.75, 3.05) is 32.1 Å². The van der Waals surface area contributed by atoms with Crippen LogP contribution in [-0.2, 0) is 9.59 Å². The summed E-state index contributed by atoms with van der Waals surface area (Å²) in [6.45, 7) is 3.61. The number of Topliss-reactive ketones (excluding diaryl/α,β-unsaturated/α-hetero) is 1. The van der Waals surface area contributed by atoms with Crippen LogP contribution in [0.4, 0.5) is 5.69 Å². The molecule has 0 aliphatic carbocycles. The quantitative estimate of drug-likeness (QED) is 0.900. The molecule has 1 amide bonds. The van der Waals surface area contributed by atoms with Gasteiger partial charge < -0.3 is 10.1 Å². The summed E-state index contributed by atoms with van der Waals surface area (Å²) in [4.78, 5) is 25.4. The first-order chi connectivity index (χ1) is 10.1. The molecule has 0 spiro atoms. The van der Waals surface area contributed by atoms with E-state index in [9.17, 15) is 9.59 Å². The summed E-state index contributed by atoms with van der Waals surface area (Å²) in [6, 6.07) is 7.30. The number of nitrogens with zero attached hydrogens (tertiary/aromatic N) is 1. The number of likely N-dealkylation sites (tertiary alicyclic amines) is 1. The van der Waals surface area contributed by atoms with Gasteiger partial charge in [-0.05, 0) is 45.0 Å². The lowest BCUT2D eigenvalue weighted by atomic mass is 9.93. The van der Waals surface area contributed by atoms with E-state index >= 15 is 0 Å². The zero-order valence-corrected chi connectivity index (χ0v) is 12.6. The van der Waals surface area contributed by atoms with Gasteiger partial charge in [0.25, 0.3) is 0 Å². The Kier molecular flexibility index (Phi) is 5.33. The highest BCUT2D eigenvalue weighted by Crippen LogP contribution is 2.19. The van der Waals surface area contributed by atoms with Crippen molar-refractivity contribution in [3.8, 4) is 5.75 Å². The lowest BCUT2D eigenvalue weighted by molar-refractivity contribution is -0.122. The molecule has 1 saturated heterocycles. The van der Waals surface area contributed by atoms with Gasteiger partial charge in [-0.25, -0.2) is 0 Å². The highest BCUT2D eigenvalue weighted by molar-refractivity contribution is 5.92. The smallest absolute Gasteiger partial charge is 0.238 e. The normalized spacial score (nSPS) is 16.5. The maximum absolute atomic E-state index is 12.0. The first kappa shape index (κ1) is 15.5. The van der Waals surface area contributed by atoms with Crippen molar-refractivity contribution >= 4 is 17.4 Å². The highest BCUT2D eigenvalue weighted by Gasteiger charge is 2.23. The number of methoxy groups -OCH3 is 1. The van der Waals surface area contributed by atoms with Gasteiger partial charge in [0, 0.05) is 17.7 Å². The van der Waals surface area contributed by atoms with Crippen LogP contribution in [0.25, 0.3) is 0 Å². The van der Waals surface area contributed by atoms with Crippen molar-refractivity contribution in [3.63, 3.8) is 0 Å². The van der Waals surface area contributed by atoms with Crippen LogP contribution >= 0.6 is 0 Å². The van der Waals surface area contributed by atoms with Gasteiger partial charge in [-0.3, -0.25) is 14.5 Å². The third-order valence-electron chi connectivity index (χ3n) is 3.88. The molecule has 5 heteroatoms. The van der Waals surface area contributed by atoms with Crippen LogP contribution in [0, 0.1) is 5.92 Å². The fourth-order valence-electron chi connectivity index (χ4n) is 2.60. The third kappa shape index (κ3) is 4.56. The molecule has 21 heavy (non-hydrogen) atoms. The fourth-order valence-corrected chi connectivity index (χ4v) is 2.60. The maximum Gasteiger partial charge on any atom is 0.238 e. The summed E-state index contributed by atoms with van der Waals surface area (Å²) in [5.41, 5.74) is 0.734. The maximum atomic E-state index is 12.0. The average molecular weight is 290 g/mol. The Hall–Kier alpha value is -1.88. The predicted molar refractivity (Wildman–Crippen MR) is 81.5 cm³/mol. The van der Waals surface area contributed by atoms with E-state index in [1.807, 2.05) is 18.2 Å². The molecule has 1 heterocycles. The van der Waals surface area contributed by atoms with Crippen molar-refractivity contribution in [2.24, 2.45) is 5.92 Å². The molecule has 2 rings (SSSR count). The zero-order valence-electron chi connectivity index (χ0n) is 12.6. The molecule has 0 radical (unpaired) electrons. The average Bonchev–Trinajstić information content (AvgIpc) is 2.47. The van der Waals surface area contributed by atoms with Crippen LogP contribution in [0.5, 0.6) is 5.75 Å². The van der Waals surface area contributed by atoms with E-state index in [2.05, 4.69) is 10.2 Å². The van der Waals surface area contributed by atoms with Gasteiger partial charge in [0.15, 0.2) is 0 Å². The molecule has 0 unspecified atom stereocenters. The number of piperidine rings is 1. The molecule has 114 valence electrons. The number of amides is 1. The zero-order chi connectivity index (χ0) is 15.2. The minimum atomic E-state index is -0.0375. The lowest BCUT2D eigenvalue weighted by Crippen LogP contribution is -2.40. The number of anilines is 1. The standard InChI is InChI=1S/C16H22N2O3/c1-12(19)13-6-8-18(9-7-13)11-16(20)17-14-4-3-5-15(10-14)21-2/h3-5,10,13H,6-9,11H2,1-2H3,(H,17,20). The Morgan fingerprint density at radius 1 is 1.33 bits per heavy atom. The number of nitrogens with one attached hydrogen (secondary N) is 1. The highest BCUT2D eigenvalue weighted by atomic mass is 16.5. The van der Waals surface area contributed by atoms with Crippen molar-refractivity contribution in [1.82, 2.24) is 4.90 Å². The third-order valence-corrected chi connectivity index (χ3v) is 3.88. The number of ether oxygens (including phenoxy) is 1. The first-order valence-electron chi connectivity index (χ1n) is 7.25. The molecule has 1 N–H and O–H groups in total. The van der Waals surface area contributed by atoms with E-state index in [1.54, 1.807) is 20.1 Å². The molecular weight excluding hydrogens is 268 g/mol. The van der Waals surface area contributed by atoms with Crippen LogP contribution in [0.3, 0.4) is 0 Å². The van der Waals surface area contributed by atoms with Gasteiger partial charge >= 0.3 is 0 Å². The first-order valence-corrected chi connectivity index (χ1v) is 7.25. The molecule has 1 aliphatic heterocycles. The summed E-state index contributed by atoms with van der Waals surface area (Å²) in [5, 5.41) is 2.87. The minimum Gasteiger partial charge on any atom is -0.497 e. The van der Waals surface area contributed by atoms with Crippen molar-refractivity contribution in [1.29, 1.82) is 0 Å². The van der Waals surface area contributed by atoms with E-state index < -0.39 is 0 Å². The molecule has 0 atom stereocenters. The molecule has 1 aliphatic rings. The molecule has 0 aromatic heterocycles. The number of carbonyl (C=O) groups is 2. The van der Waals surface area contributed by atoms with Gasteiger partial charge in [-0.2, -0.15) is 0 Å². The number of ketones is 1. The predicted octanol–water partition coefficient (Wildman–Crippen LogP) is 1.93. The monoisotopic (exact) mass is 290 g/mol. The van der Waals surface area contributed by atoms with Gasteiger partial charge in [-0.1, -0.05) is 6.07 Å². The SMILES string of the molecule is COc1cccc(NC(=O)CN2CCC(C(C)=O)CC2)c1. The van der Waals surface area contributed by atoms with E-state index in [1.165, 1.54) is 0 Å². The van der Waals surface area contributed by atoms with Gasteiger partial charge in [0.1, 0.15) is 11.5 Å². The Morgan fingerprint density at radius 2 is 2.05 bits per heavy atom. The lowest BCUT2D eigenvalue weighted by Gasteiger charge is -2.30. The van der Waals surface area contributed by atoms with E-state index in [4.69, 9.17) is 4.74 Å². The van der Waals surface area contributed by atoms with Crippen LogP contribution < -0.4 is 10.1 Å². The second kappa shape index (κ2) is 7.22. The van der Waals surface area contributed by atoms with Crippen LogP contribution in [0.2, 0.25) is 0 Å². The van der Waals surface area contributed by atoms with Gasteiger partial charge in [-0.15, -0.1) is 0 Å². The fraction of sp³-hybridized carbons (Fsp3) is 0.500. The van der Waals surface area contributed by atoms with Crippen molar-refractivity contribution < 1.29 is 14.3 Å². The molecule has 0 bridgehead atoms. The van der Waals surface area contributed by atoms with E-state index in [0.29, 0.717) is 6.54 Å². The second-order valence-corrected chi connectivity index (χ2v) is 5.44. The van der Waals surface area contributed by atoms with Gasteiger partial charge in [0.05, 0.1) is 13.7 Å². The summed E-state index contributed by atoms with van der Waals surface area (Å²) in [5.74, 6) is 1.11. The summed E-state index contributed by atoms with van der Waals surface area (Å²) >= 11 is 0. The summed E-state index contributed by atoms with van der Waals surface area (Å²) in [7, 11) is 1.60. The summed E-state index contributed by atoms with van der Waals surface area (Å²) in [6.07, 6.45) is 1.70. The Labute approximate surface area is 125 Å². The molecule has 1 aromatic rings. The van der Waals surface area contributed by atoms with Crippen molar-refractivity contribution in [2.45, 2.75) is 19.8 Å².